The van der Waals surface area contributed by atoms with E-state index in [1.54, 1.807) is 0 Å². The number of esters is 1. The largest absolute Gasteiger partial charge is 0.455 e. The second kappa shape index (κ2) is 5.74. The third-order valence-corrected chi connectivity index (χ3v) is 7.54. The molecule has 7 atom stereocenters. The Hall–Kier alpha value is -2.05. The first kappa shape index (κ1) is 19.3. The fourth-order valence-corrected chi connectivity index (χ4v) is 5.85. The van der Waals surface area contributed by atoms with Crippen LogP contribution >= 0.6 is 0 Å². The minimum absolute atomic E-state index is 0.0708. The zero-order valence-corrected chi connectivity index (χ0v) is 16.4. The third kappa shape index (κ3) is 2.13. The maximum atomic E-state index is 13.5. The summed E-state index contributed by atoms with van der Waals surface area (Å²) in [5.74, 6) is -2.27. The molecule has 0 saturated heterocycles. The zero-order valence-electron chi connectivity index (χ0n) is 16.4. The Bertz CT molecular complexity index is 881. The predicted octanol–water partition coefficient (Wildman–Crippen LogP) is 1.66. The molecular weight excluding hydrogens is 360 g/mol. The number of ether oxygens (including phenoxy) is 1. The van der Waals surface area contributed by atoms with Crippen LogP contribution in [0.15, 0.2) is 35.5 Å². The van der Waals surface area contributed by atoms with E-state index in [1.807, 2.05) is 13.8 Å². The summed E-state index contributed by atoms with van der Waals surface area (Å²) in [6, 6.07) is 0. The Morgan fingerprint density at radius 1 is 1.25 bits per heavy atom. The quantitative estimate of drug-likeness (QED) is 0.665. The highest BCUT2D eigenvalue weighted by Gasteiger charge is 2.71. The Morgan fingerprint density at radius 3 is 2.39 bits per heavy atom. The second-order valence-electron chi connectivity index (χ2n) is 9.07. The number of fused-ring (bicyclic) bond motifs is 2. The molecule has 1 spiro atoms. The van der Waals surface area contributed by atoms with Crippen molar-refractivity contribution in [2.75, 3.05) is 0 Å². The van der Waals surface area contributed by atoms with Crippen molar-refractivity contribution >= 4 is 17.5 Å². The molecule has 0 amide bonds. The van der Waals surface area contributed by atoms with Gasteiger partial charge >= 0.3 is 5.97 Å². The van der Waals surface area contributed by atoms with Crippen LogP contribution in [0.4, 0.5) is 0 Å². The van der Waals surface area contributed by atoms with Crippen molar-refractivity contribution in [3.8, 4) is 0 Å². The number of carbonyl (C=O) groups excluding carboxylic acids is 3. The lowest BCUT2D eigenvalue weighted by Crippen LogP contribution is -2.60. The minimum atomic E-state index is -1.40. The van der Waals surface area contributed by atoms with Crippen molar-refractivity contribution in [3.63, 3.8) is 0 Å². The van der Waals surface area contributed by atoms with Gasteiger partial charge in [0.25, 0.3) is 0 Å². The number of aliphatic hydroxyl groups excluding tert-OH is 2. The average Bonchev–Trinajstić information content (AvgIpc) is 3.29. The van der Waals surface area contributed by atoms with E-state index in [2.05, 4.69) is 13.2 Å². The number of hydrogen-bond acceptors (Lipinski definition) is 6. The number of allylic oxidation sites excluding steroid dienone is 1. The summed E-state index contributed by atoms with van der Waals surface area (Å²) in [5.41, 5.74) is -0.399. The van der Waals surface area contributed by atoms with Crippen LogP contribution in [0.2, 0.25) is 0 Å². The Kier molecular flexibility index (Phi) is 3.95. The average molecular weight is 386 g/mol. The monoisotopic (exact) mass is 386 g/mol. The van der Waals surface area contributed by atoms with E-state index < -0.39 is 46.8 Å². The van der Waals surface area contributed by atoms with Crippen molar-refractivity contribution in [1.82, 2.24) is 0 Å². The van der Waals surface area contributed by atoms with Crippen molar-refractivity contribution in [2.24, 2.45) is 22.7 Å². The second-order valence-corrected chi connectivity index (χ2v) is 9.07. The minimum Gasteiger partial charge on any atom is -0.455 e. The lowest BCUT2D eigenvalue weighted by molar-refractivity contribution is -0.159. The number of aliphatic hydroxyl groups is 2. The summed E-state index contributed by atoms with van der Waals surface area (Å²) in [7, 11) is 0. The molecule has 4 rings (SSSR count). The van der Waals surface area contributed by atoms with E-state index >= 15 is 0 Å². The molecule has 0 heterocycles. The van der Waals surface area contributed by atoms with Gasteiger partial charge in [-0.2, -0.15) is 0 Å². The normalized spacial score (nSPS) is 45.1. The van der Waals surface area contributed by atoms with Gasteiger partial charge in [0.2, 0.25) is 0 Å². The molecule has 2 saturated carbocycles. The zero-order chi connectivity index (χ0) is 20.8. The highest BCUT2D eigenvalue weighted by Crippen LogP contribution is 2.65. The molecule has 0 bridgehead atoms. The van der Waals surface area contributed by atoms with Gasteiger partial charge in [-0.1, -0.05) is 32.6 Å². The SMILES string of the molecule is C=C1CC[C@]2(C)C3=C(C(=O)[C@]4(C[C@@H]4C)[C@H](O)C3=O)[C@H](OC(C)=O)[C@@H](O)[C@H]2C1=C. The lowest BCUT2D eigenvalue weighted by atomic mass is 9.50. The topological polar surface area (TPSA) is 101 Å². The number of ketones is 2. The van der Waals surface area contributed by atoms with Crippen LogP contribution in [0.5, 0.6) is 0 Å². The summed E-state index contributed by atoms with van der Waals surface area (Å²) in [6.45, 7) is 12.9. The fraction of sp³-hybridized carbons (Fsp3) is 0.591. The number of rotatable bonds is 1. The molecule has 2 fully saturated rings. The van der Waals surface area contributed by atoms with Gasteiger partial charge in [-0.25, -0.2) is 0 Å². The molecular formula is C22H26O6. The third-order valence-electron chi connectivity index (χ3n) is 7.54. The van der Waals surface area contributed by atoms with Gasteiger partial charge in [-0.3, -0.25) is 14.4 Å². The van der Waals surface area contributed by atoms with Crippen LogP contribution in [0.3, 0.4) is 0 Å². The maximum absolute atomic E-state index is 13.5. The summed E-state index contributed by atoms with van der Waals surface area (Å²) in [6.07, 6.45) is -2.39. The van der Waals surface area contributed by atoms with Gasteiger partial charge in [-0.05, 0) is 30.8 Å². The van der Waals surface area contributed by atoms with Crippen LogP contribution in [-0.4, -0.2) is 46.1 Å². The van der Waals surface area contributed by atoms with Gasteiger partial charge in [0, 0.05) is 29.4 Å². The van der Waals surface area contributed by atoms with Crippen LogP contribution in [-0.2, 0) is 19.1 Å². The fourth-order valence-electron chi connectivity index (χ4n) is 5.85. The van der Waals surface area contributed by atoms with Gasteiger partial charge in [0.05, 0.1) is 5.41 Å². The molecule has 150 valence electrons. The summed E-state index contributed by atoms with van der Waals surface area (Å²) in [5, 5.41) is 22.0. The number of carbonyl (C=O) groups is 3. The van der Waals surface area contributed by atoms with E-state index in [9.17, 15) is 24.6 Å². The molecule has 6 heteroatoms. The number of hydrogen-bond donors (Lipinski definition) is 2. The number of Topliss-reactive ketones (excluding diaryl/α,β-unsaturated/α-hetero) is 2. The van der Waals surface area contributed by atoms with Gasteiger partial charge in [-0.15, -0.1) is 0 Å². The Balaban J connectivity index is 1.98. The van der Waals surface area contributed by atoms with Gasteiger partial charge < -0.3 is 14.9 Å². The maximum Gasteiger partial charge on any atom is 0.303 e. The molecule has 2 N–H and O–H groups in total. The van der Waals surface area contributed by atoms with E-state index in [1.165, 1.54) is 6.92 Å². The highest BCUT2D eigenvalue weighted by molar-refractivity contribution is 6.19. The molecule has 28 heavy (non-hydrogen) atoms. The summed E-state index contributed by atoms with van der Waals surface area (Å²) in [4.78, 5) is 38.6. The predicted molar refractivity (Wildman–Crippen MR) is 99.9 cm³/mol. The smallest absolute Gasteiger partial charge is 0.303 e. The van der Waals surface area contributed by atoms with Gasteiger partial charge in [0.1, 0.15) is 12.2 Å². The van der Waals surface area contributed by atoms with Crippen molar-refractivity contribution in [1.29, 1.82) is 0 Å². The van der Waals surface area contributed by atoms with Crippen molar-refractivity contribution in [2.45, 2.75) is 58.3 Å². The molecule has 6 nitrogen and oxygen atoms in total. The molecule has 4 aliphatic rings. The Labute approximate surface area is 163 Å². The van der Waals surface area contributed by atoms with Crippen molar-refractivity contribution < 1.29 is 29.3 Å². The standard InChI is InChI=1S/C22H26O6/c1-9-6-7-21(5)14(11(9)3)16(24)18(28-12(4)23)13-15(21)17(25)20(27)22(19(13)26)8-10(22)2/h10,14,16,18,20,24,27H,1,3,6-8H2,2,4-5H3/t10-,14+,16-,18-,20+,21-,22+/m0/s1. The first-order valence-electron chi connectivity index (χ1n) is 9.72. The van der Waals surface area contributed by atoms with Crippen molar-refractivity contribution in [3.05, 3.63) is 35.5 Å². The molecule has 0 radical (unpaired) electrons. The van der Waals surface area contributed by atoms with Crippen LogP contribution in [0, 0.1) is 22.7 Å². The van der Waals surface area contributed by atoms with E-state index in [-0.39, 0.29) is 22.8 Å². The van der Waals surface area contributed by atoms with E-state index in [0.717, 1.165) is 5.57 Å². The highest BCUT2D eigenvalue weighted by atomic mass is 16.6. The van der Waals surface area contributed by atoms with E-state index in [4.69, 9.17) is 4.74 Å². The first-order valence-corrected chi connectivity index (χ1v) is 9.72. The Morgan fingerprint density at radius 2 is 1.86 bits per heavy atom. The summed E-state index contributed by atoms with van der Waals surface area (Å²) < 4.78 is 5.39. The molecule has 0 aromatic heterocycles. The molecule has 0 unspecified atom stereocenters. The van der Waals surface area contributed by atoms with E-state index in [0.29, 0.717) is 24.8 Å². The van der Waals surface area contributed by atoms with Crippen LogP contribution in [0.25, 0.3) is 0 Å². The molecule has 4 aliphatic carbocycles. The molecule has 0 aromatic rings. The lowest BCUT2D eigenvalue weighted by Gasteiger charge is -2.54. The summed E-state index contributed by atoms with van der Waals surface area (Å²) >= 11 is 0. The molecule has 0 aliphatic heterocycles. The van der Waals surface area contributed by atoms with Crippen LogP contribution in [0.1, 0.15) is 40.0 Å². The van der Waals surface area contributed by atoms with Gasteiger partial charge in [0.15, 0.2) is 17.7 Å². The first-order chi connectivity index (χ1) is 13.0. The molecule has 0 aromatic carbocycles. The van der Waals surface area contributed by atoms with Crippen LogP contribution < -0.4 is 0 Å².